The van der Waals surface area contributed by atoms with Crippen LogP contribution < -0.4 is 0 Å². The van der Waals surface area contributed by atoms with Crippen molar-refractivity contribution in [2.24, 2.45) is 0 Å². The molecule has 4 nitrogen and oxygen atoms in total. The first kappa shape index (κ1) is 9.83. The molecule has 0 atom stereocenters. The van der Waals surface area contributed by atoms with E-state index in [1.165, 1.54) is 0 Å². The largest absolute Gasteiger partial charge is 0.180 e. The van der Waals surface area contributed by atoms with Gasteiger partial charge in [0.1, 0.15) is 0 Å². The topological polar surface area (TPSA) is 43.6 Å². The van der Waals surface area contributed by atoms with Crippen LogP contribution in [-0.4, -0.2) is 20.2 Å². The molecule has 0 spiro atoms. The van der Waals surface area contributed by atoms with Crippen molar-refractivity contribution in [1.29, 1.82) is 0 Å². The minimum absolute atomic E-state index is 0.0625. The standard InChI is InChI=1S/C11H14N4/c1-11(2,3)10-12-14-15(13-10)9-7-5-4-6-8-9/h4-8H,1-3H3. The van der Waals surface area contributed by atoms with Crippen LogP contribution in [0.1, 0.15) is 26.6 Å². The van der Waals surface area contributed by atoms with E-state index < -0.39 is 0 Å². The molecule has 2 aromatic rings. The number of hydrogen-bond donors (Lipinski definition) is 0. The van der Waals surface area contributed by atoms with Gasteiger partial charge in [0.25, 0.3) is 0 Å². The maximum Gasteiger partial charge on any atom is 0.180 e. The molecule has 1 aromatic heterocycles. The van der Waals surface area contributed by atoms with E-state index in [4.69, 9.17) is 0 Å². The average Bonchev–Trinajstić information content (AvgIpc) is 2.67. The molecule has 0 N–H and O–H groups in total. The maximum absolute atomic E-state index is 4.35. The second-order valence-corrected chi connectivity index (χ2v) is 4.49. The summed E-state index contributed by atoms with van der Waals surface area (Å²) in [5.74, 6) is 0.756. The zero-order chi connectivity index (χ0) is 10.9. The molecule has 0 saturated heterocycles. The smallest absolute Gasteiger partial charge is 0.131 e. The predicted octanol–water partition coefficient (Wildman–Crippen LogP) is 1.96. The van der Waals surface area contributed by atoms with Crippen molar-refractivity contribution >= 4 is 0 Å². The summed E-state index contributed by atoms with van der Waals surface area (Å²) in [6, 6.07) is 9.78. The summed E-state index contributed by atoms with van der Waals surface area (Å²) in [6.45, 7) is 6.21. The van der Waals surface area contributed by atoms with E-state index in [1.807, 2.05) is 30.3 Å². The predicted molar refractivity (Wildman–Crippen MR) is 57.9 cm³/mol. The Morgan fingerprint density at radius 3 is 2.27 bits per heavy atom. The molecule has 2 rings (SSSR count). The molecular formula is C11H14N4. The first-order valence-corrected chi connectivity index (χ1v) is 4.93. The van der Waals surface area contributed by atoms with Gasteiger partial charge >= 0.3 is 0 Å². The monoisotopic (exact) mass is 202 g/mol. The summed E-state index contributed by atoms with van der Waals surface area (Å²) in [7, 11) is 0. The second-order valence-electron chi connectivity index (χ2n) is 4.49. The molecule has 0 radical (unpaired) electrons. The van der Waals surface area contributed by atoms with E-state index in [9.17, 15) is 0 Å². The lowest BCUT2D eigenvalue weighted by atomic mass is 9.96. The van der Waals surface area contributed by atoms with E-state index in [0.717, 1.165) is 11.5 Å². The summed E-state index contributed by atoms with van der Waals surface area (Å²) >= 11 is 0. The van der Waals surface area contributed by atoms with Gasteiger partial charge < -0.3 is 0 Å². The Balaban J connectivity index is 2.37. The van der Waals surface area contributed by atoms with E-state index in [1.54, 1.807) is 4.80 Å². The molecular weight excluding hydrogens is 188 g/mol. The number of rotatable bonds is 1. The molecule has 0 aliphatic heterocycles. The highest BCUT2D eigenvalue weighted by molar-refractivity contribution is 5.28. The van der Waals surface area contributed by atoms with Crippen molar-refractivity contribution in [3.8, 4) is 5.69 Å². The summed E-state index contributed by atoms with van der Waals surface area (Å²) in [4.78, 5) is 1.56. The van der Waals surface area contributed by atoms with Crippen molar-refractivity contribution in [3.63, 3.8) is 0 Å². The molecule has 0 aliphatic carbocycles. The van der Waals surface area contributed by atoms with Crippen LogP contribution >= 0.6 is 0 Å². The van der Waals surface area contributed by atoms with Gasteiger partial charge in [0.15, 0.2) is 5.82 Å². The maximum atomic E-state index is 4.35. The number of nitrogens with zero attached hydrogens (tertiary/aromatic N) is 4. The van der Waals surface area contributed by atoms with Gasteiger partial charge in [-0.3, -0.25) is 0 Å². The number of hydrogen-bond acceptors (Lipinski definition) is 3. The van der Waals surface area contributed by atoms with E-state index in [0.29, 0.717) is 0 Å². The van der Waals surface area contributed by atoms with Crippen molar-refractivity contribution in [2.45, 2.75) is 26.2 Å². The highest BCUT2D eigenvalue weighted by atomic mass is 15.6. The minimum Gasteiger partial charge on any atom is -0.131 e. The van der Waals surface area contributed by atoms with Crippen LogP contribution in [0.3, 0.4) is 0 Å². The second kappa shape index (κ2) is 3.46. The lowest BCUT2D eigenvalue weighted by molar-refractivity contribution is 0.543. The van der Waals surface area contributed by atoms with Gasteiger partial charge in [0.05, 0.1) is 5.69 Å². The average molecular weight is 202 g/mol. The Morgan fingerprint density at radius 2 is 1.73 bits per heavy atom. The molecule has 1 heterocycles. The Morgan fingerprint density at radius 1 is 1.07 bits per heavy atom. The van der Waals surface area contributed by atoms with Crippen LogP contribution in [0.5, 0.6) is 0 Å². The molecule has 4 heteroatoms. The number of para-hydroxylation sites is 1. The first-order valence-electron chi connectivity index (χ1n) is 4.93. The fourth-order valence-corrected chi connectivity index (χ4v) is 1.19. The quantitative estimate of drug-likeness (QED) is 0.710. The highest BCUT2D eigenvalue weighted by Crippen LogP contribution is 2.17. The molecule has 15 heavy (non-hydrogen) atoms. The van der Waals surface area contributed by atoms with Crippen LogP contribution in [0, 0.1) is 0 Å². The van der Waals surface area contributed by atoms with E-state index in [2.05, 4.69) is 36.2 Å². The Bertz CT molecular complexity index is 439. The number of aromatic nitrogens is 4. The fourth-order valence-electron chi connectivity index (χ4n) is 1.19. The van der Waals surface area contributed by atoms with Crippen LogP contribution in [0.4, 0.5) is 0 Å². The third-order valence-electron chi connectivity index (χ3n) is 2.07. The molecule has 0 fully saturated rings. The van der Waals surface area contributed by atoms with Crippen molar-refractivity contribution in [1.82, 2.24) is 20.2 Å². The van der Waals surface area contributed by atoms with Crippen LogP contribution in [-0.2, 0) is 5.41 Å². The lowest BCUT2D eigenvalue weighted by Gasteiger charge is -2.11. The Hall–Kier alpha value is -1.71. The SMILES string of the molecule is CC(C)(C)c1nnn(-c2ccccc2)n1. The van der Waals surface area contributed by atoms with Gasteiger partial charge in [-0.15, -0.1) is 15.0 Å². The van der Waals surface area contributed by atoms with E-state index in [-0.39, 0.29) is 5.41 Å². The zero-order valence-electron chi connectivity index (χ0n) is 9.18. The summed E-state index contributed by atoms with van der Waals surface area (Å²) in [5.41, 5.74) is 0.869. The summed E-state index contributed by atoms with van der Waals surface area (Å²) < 4.78 is 0. The van der Waals surface area contributed by atoms with Gasteiger partial charge in [-0.1, -0.05) is 39.0 Å². The van der Waals surface area contributed by atoms with Gasteiger partial charge in [-0.25, -0.2) is 0 Å². The molecule has 0 amide bonds. The van der Waals surface area contributed by atoms with Crippen molar-refractivity contribution in [2.75, 3.05) is 0 Å². The number of benzene rings is 1. The normalized spacial score (nSPS) is 11.7. The molecule has 0 saturated carbocycles. The minimum atomic E-state index is -0.0625. The summed E-state index contributed by atoms with van der Waals surface area (Å²) in [6.07, 6.45) is 0. The van der Waals surface area contributed by atoms with E-state index >= 15 is 0 Å². The molecule has 0 aliphatic rings. The zero-order valence-corrected chi connectivity index (χ0v) is 9.18. The van der Waals surface area contributed by atoms with Crippen LogP contribution in [0.15, 0.2) is 30.3 Å². The third-order valence-corrected chi connectivity index (χ3v) is 2.07. The van der Waals surface area contributed by atoms with Gasteiger partial charge in [-0.05, 0) is 17.3 Å². The van der Waals surface area contributed by atoms with Crippen LogP contribution in [0.2, 0.25) is 0 Å². The first-order chi connectivity index (χ1) is 7.07. The summed E-state index contributed by atoms with van der Waals surface area (Å²) in [5, 5.41) is 12.4. The fraction of sp³-hybridized carbons (Fsp3) is 0.364. The van der Waals surface area contributed by atoms with Gasteiger partial charge in [0, 0.05) is 5.41 Å². The Kier molecular flexibility index (Phi) is 2.26. The highest BCUT2D eigenvalue weighted by Gasteiger charge is 2.19. The lowest BCUT2D eigenvalue weighted by Crippen LogP contribution is -2.14. The molecule has 0 bridgehead atoms. The number of tetrazole rings is 1. The third kappa shape index (κ3) is 2.03. The van der Waals surface area contributed by atoms with Gasteiger partial charge in [0.2, 0.25) is 0 Å². The Labute approximate surface area is 88.9 Å². The van der Waals surface area contributed by atoms with Gasteiger partial charge in [-0.2, -0.15) is 0 Å². The van der Waals surface area contributed by atoms with Crippen LogP contribution in [0.25, 0.3) is 5.69 Å². The molecule has 78 valence electrons. The van der Waals surface area contributed by atoms with Crippen molar-refractivity contribution in [3.05, 3.63) is 36.2 Å². The molecule has 0 unspecified atom stereocenters. The van der Waals surface area contributed by atoms with Crippen molar-refractivity contribution < 1.29 is 0 Å². The molecule has 1 aromatic carbocycles.